The molecule has 1 aromatic rings. The highest BCUT2D eigenvalue weighted by Gasteiger charge is 2.22. The lowest BCUT2D eigenvalue weighted by Crippen LogP contribution is -2.38. The summed E-state index contributed by atoms with van der Waals surface area (Å²) in [5.74, 6) is -1.53. The second-order valence-corrected chi connectivity index (χ2v) is 5.88. The van der Waals surface area contributed by atoms with Crippen molar-refractivity contribution in [3.63, 3.8) is 0 Å². The Morgan fingerprint density at radius 3 is 2.63 bits per heavy atom. The highest BCUT2D eigenvalue weighted by Crippen LogP contribution is 2.17. The second kappa shape index (κ2) is 7.25. The van der Waals surface area contributed by atoms with Gasteiger partial charge < -0.3 is 16.2 Å². The molecule has 5 nitrogen and oxygen atoms in total. The van der Waals surface area contributed by atoms with Gasteiger partial charge in [-0.15, -0.1) is 11.3 Å². The number of amides is 1. The number of hydrogen-bond donors (Lipinski definition) is 3. The van der Waals surface area contributed by atoms with Crippen molar-refractivity contribution in [3.05, 3.63) is 22.4 Å². The van der Waals surface area contributed by atoms with E-state index < -0.39 is 17.9 Å². The lowest BCUT2D eigenvalue weighted by Gasteiger charge is -2.17. The molecule has 0 bridgehead atoms. The summed E-state index contributed by atoms with van der Waals surface area (Å²) in [6.07, 6.45) is 0.532. The van der Waals surface area contributed by atoms with Crippen LogP contribution in [-0.4, -0.2) is 23.5 Å². The Balaban J connectivity index is 2.50. The van der Waals surface area contributed by atoms with E-state index in [9.17, 15) is 9.59 Å². The fourth-order valence-corrected chi connectivity index (χ4v) is 2.50. The van der Waals surface area contributed by atoms with Gasteiger partial charge in [0.1, 0.15) is 6.04 Å². The van der Waals surface area contributed by atoms with Crippen LogP contribution in [0.4, 0.5) is 0 Å². The lowest BCUT2D eigenvalue weighted by atomic mass is 9.97. The molecule has 106 valence electrons. The number of thiophene rings is 1. The average Bonchev–Trinajstić information content (AvgIpc) is 2.85. The quantitative estimate of drug-likeness (QED) is 0.709. The van der Waals surface area contributed by atoms with Crippen LogP contribution in [0.2, 0.25) is 0 Å². The summed E-state index contributed by atoms with van der Waals surface area (Å²) >= 11 is 1.41. The van der Waals surface area contributed by atoms with Crippen LogP contribution in [0.15, 0.2) is 17.5 Å². The molecule has 0 aliphatic heterocycles. The number of aliphatic carboxylic acids is 1. The zero-order chi connectivity index (χ0) is 14.4. The topological polar surface area (TPSA) is 92.4 Å². The minimum atomic E-state index is -0.890. The van der Waals surface area contributed by atoms with Crippen LogP contribution in [0.25, 0.3) is 0 Å². The van der Waals surface area contributed by atoms with Crippen molar-refractivity contribution in [1.82, 2.24) is 5.32 Å². The molecule has 19 heavy (non-hydrogen) atoms. The number of hydrogen-bond acceptors (Lipinski definition) is 4. The first-order valence-corrected chi connectivity index (χ1v) is 7.09. The third kappa shape index (κ3) is 5.00. The second-order valence-electron chi connectivity index (χ2n) is 4.90. The van der Waals surface area contributed by atoms with Crippen LogP contribution in [-0.2, 0) is 9.59 Å². The number of carboxylic acids is 1. The largest absolute Gasteiger partial charge is 0.481 e. The number of carbonyl (C=O) groups excluding carboxylic acids is 1. The van der Waals surface area contributed by atoms with Crippen LogP contribution >= 0.6 is 11.3 Å². The monoisotopic (exact) mass is 284 g/mol. The van der Waals surface area contributed by atoms with E-state index in [1.54, 1.807) is 6.07 Å². The van der Waals surface area contributed by atoms with E-state index in [1.165, 1.54) is 11.3 Å². The van der Waals surface area contributed by atoms with E-state index in [1.807, 2.05) is 25.3 Å². The third-order valence-electron chi connectivity index (χ3n) is 2.76. The summed E-state index contributed by atoms with van der Waals surface area (Å²) in [6, 6.07) is 2.89. The van der Waals surface area contributed by atoms with Gasteiger partial charge in [0.2, 0.25) is 5.91 Å². The van der Waals surface area contributed by atoms with Crippen LogP contribution in [0.5, 0.6) is 0 Å². The molecule has 0 aromatic carbocycles. The van der Waals surface area contributed by atoms with Gasteiger partial charge in [-0.3, -0.25) is 9.59 Å². The average molecular weight is 284 g/mol. The van der Waals surface area contributed by atoms with Gasteiger partial charge in [0.05, 0.1) is 5.92 Å². The van der Waals surface area contributed by atoms with E-state index >= 15 is 0 Å². The van der Waals surface area contributed by atoms with Crippen molar-refractivity contribution in [3.8, 4) is 0 Å². The van der Waals surface area contributed by atoms with Gasteiger partial charge in [-0.05, 0) is 23.8 Å². The van der Waals surface area contributed by atoms with E-state index in [-0.39, 0.29) is 18.4 Å². The summed E-state index contributed by atoms with van der Waals surface area (Å²) in [5.41, 5.74) is 5.80. The zero-order valence-electron chi connectivity index (χ0n) is 11.1. The molecule has 0 saturated carbocycles. The first kappa shape index (κ1) is 15.7. The maximum absolute atomic E-state index is 11.8. The number of carboxylic acid groups (broad SMARTS) is 1. The molecule has 2 atom stereocenters. The highest BCUT2D eigenvalue weighted by molar-refractivity contribution is 7.10. The van der Waals surface area contributed by atoms with Crippen LogP contribution < -0.4 is 11.1 Å². The van der Waals surface area contributed by atoms with Crippen LogP contribution in [0.3, 0.4) is 0 Å². The predicted molar refractivity (Wildman–Crippen MR) is 74.8 cm³/mol. The fraction of sp³-hybridized carbons (Fsp3) is 0.538. The van der Waals surface area contributed by atoms with Crippen molar-refractivity contribution in [2.24, 2.45) is 17.6 Å². The molecule has 1 amide bonds. The van der Waals surface area contributed by atoms with Crippen molar-refractivity contribution in [1.29, 1.82) is 0 Å². The molecule has 0 aliphatic rings. The molecular formula is C13H20N2O3S. The molecule has 6 heteroatoms. The number of nitrogens with two attached hydrogens (primary N) is 1. The number of carbonyl (C=O) groups is 2. The van der Waals surface area contributed by atoms with E-state index in [0.717, 1.165) is 4.88 Å². The lowest BCUT2D eigenvalue weighted by molar-refractivity contribution is -0.142. The Bertz CT molecular complexity index is 418. The summed E-state index contributed by atoms with van der Waals surface area (Å²) in [6.45, 7) is 4.02. The summed E-state index contributed by atoms with van der Waals surface area (Å²) < 4.78 is 0. The molecule has 1 rings (SSSR count). The van der Waals surface area contributed by atoms with Crippen molar-refractivity contribution in [2.75, 3.05) is 6.54 Å². The Hall–Kier alpha value is -1.40. The molecule has 0 fully saturated rings. The molecule has 1 heterocycles. The van der Waals surface area contributed by atoms with Gasteiger partial charge in [-0.1, -0.05) is 19.9 Å². The van der Waals surface area contributed by atoms with Gasteiger partial charge >= 0.3 is 5.97 Å². The molecule has 2 unspecified atom stereocenters. The predicted octanol–water partition coefficient (Wildman–Crippen LogP) is 1.61. The maximum atomic E-state index is 11.8. The Kier molecular flexibility index (Phi) is 5.98. The Morgan fingerprint density at radius 2 is 2.16 bits per heavy atom. The van der Waals surface area contributed by atoms with Crippen molar-refractivity contribution in [2.45, 2.75) is 26.3 Å². The van der Waals surface area contributed by atoms with E-state index in [2.05, 4.69) is 5.32 Å². The fourth-order valence-electron chi connectivity index (χ4n) is 1.77. The standard InChI is InChI=1S/C13H20N2O3S/c1-8(2)6-9(13(17)18)7-15-12(16)11(14)10-4-3-5-19-10/h3-5,8-9,11H,6-7,14H2,1-2H3,(H,15,16)(H,17,18). The summed E-state index contributed by atoms with van der Waals surface area (Å²) in [5, 5.41) is 13.5. The molecule has 0 radical (unpaired) electrons. The van der Waals surface area contributed by atoms with Gasteiger partial charge in [-0.25, -0.2) is 0 Å². The minimum absolute atomic E-state index is 0.116. The Morgan fingerprint density at radius 1 is 1.47 bits per heavy atom. The Labute approximate surface area is 116 Å². The van der Waals surface area contributed by atoms with Gasteiger partial charge in [0.15, 0.2) is 0 Å². The number of rotatable bonds is 7. The van der Waals surface area contributed by atoms with Gasteiger partial charge in [0, 0.05) is 11.4 Å². The normalized spacial score (nSPS) is 14.1. The van der Waals surface area contributed by atoms with E-state index in [0.29, 0.717) is 6.42 Å². The van der Waals surface area contributed by atoms with Gasteiger partial charge in [0.25, 0.3) is 0 Å². The maximum Gasteiger partial charge on any atom is 0.308 e. The molecule has 0 spiro atoms. The number of nitrogens with one attached hydrogen (secondary N) is 1. The van der Waals surface area contributed by atoms with Crippen LogP contribution in [0.1, 0.15) is 31.2 Å². The molecular weight excluding hydrogens is 264 g/mol. The van der Waals surface area contributed by atoms with E-state index in [4.69, 9.17) is 10.8 Å². The molecule has 0 saturated heterocycles. The van der Waals surface area contributed by atoms with Gasteiger partial charge in [-0.2, -0.15) is 0 Å². The highest BCUT2D eigenvalue weighted by atomic mass is 32.1. The molecule has 4 N–H and O–H groups in total. The smallest absolute Gasteiger partial charge is 0.308 e. The third-order valence-corrected chi connectivity index (χ3v) is 3.72. The first-order chi connectivity index (χ1) is 8.91. The van der Waals surface area contributed by atoms with Crippen molar-refractivity contribution < 1.29 is 14.7 Å². The first-order valence-electron chi connectivity index (χ1n) is 6.21. The zero-order valence-corrected chi connectivity index (χ0v) is 11.9. The minimum Gasteiger partial charge on any atom is -0.481 e. The SMILES string of the molecule is CC(C)CC(CNC(=O)C(N)c1cccs1)C(=O)O. The van der Waals surface area contributed by atoms with Crippen molar-refractivity contribution >= 4 is 23.2 Å². The van der Waals surface area contributed by atoms with Crippen LogP contribution in [0, 0.1) is 11.8 Å². The summed E-state index contributed by atoms with van der Waals surface area (Å²) in [7, 11) is 0. The summed E-state index contributed by atoms with van der Waals surface area (Å²) in [4.78, 5) is 23.7. The molecule has 1 aromatic heterocycles. The molecule has 0 aliphatic carbocycles.